The Morgan fingerprint density at radius 2 is 1.70 bits per heavy atom. The number of aromatic amines is 1. The van der Waals surface area contributed by atoms with Crippen LogP contribution in [0.2, 0.25) is 0 Å². The van der Waals surface area contributed by atoms with E-state index in [1.54, 1.807) is 12.0 Å². The summed E-state index contributed by atoms with van der Waals surface area (Å²) >= 11 is 0. The summed E-state index contributed by atoms with van der Waals surface area (Å²) in [4.78, 5) is 36.0. The van der Waals surface area contributed by atoms with Gasteiger partial charge in [0.25, 0.3) is 5.91 Å². The standard InChI is InChI=1S/C29H37N5O3/c1-37-26-8-6-25(7-9-26)33-16-12-31(13-17-33)11-3-2-4-24-21-30-28-10-5-23(20-27(24)28)29(36)34-18-14-32(22-35)15-19-34/h5-10,20-22,30H,2-4,11-19H2,1H3. The van der Waals surface area contributed by atoms with E-state index < -0.39 is 0 Å². The van der Waals surface area contributed by atoms with Gasteiger partial charge in [-0.3, -0.25) is 14.5 Å². The number of carbonyl (C=O) groups is 2. The summed E-state index contributed by atoms with van der Waals surface area (Å²) in [6.07, 6.45) is 6.24. The number of aryl methyl sites for hydroxylation is 1. The number of benzene rings is 2. The SMILES string of the molecule is COc1ccc(N2CCN(CCCCc3c[nH]c4ccc(C(=O)N5CCN(C=O)CC5)cc34)CC2)cc1. The number of hydrogen-bond donors (Lipinski definition) is 1. The molecule has 1 aromatic heterocycles. The fourth-order valence-corrected chi connectivity index (χ4v) is 5.40. The van der Waals surface area contributed by atoms with Crippen LogP contribution in [0.25, 0.3) is 10.9 Å². The zero-order chi connectivity index (χ0) is 25.6. The van der Waals surface area contributed by atoms with Gasteiger partial charge in [0.05, 0.1) is 7.11 Å². The Morgan fingerprint density at radius 1 is 0.946 bits per heavy atom. The molecule has 8 heteroatoms. The molecule has 0 aliphatic carbocycles. The Hall–Kier alpha value is -3.52. The van der Waals surface area contributed by atoms with Gasteiger partial charge >= 0.3 is 0 Å². The number of H-pyrrole nitrogens is 1. The molecule has 0 atom stereocenters. The van der Waals surface area contributed by atoms with E-state index in [-0.39, 0.29) is 5.91 Å². The maximum Gasteiger partial charge on any atom is 0.253 e. The molecule has 0 radical (unpaired) electrons. The molecule has 0 spiro atoms. The van der Waals surface area contributed by atoms with E-state index in [2.05, 4.69) is 33.1 Å². The Kier molecular flexibility index (Phi) is 7.94. The number of nitrogens with one attached hydrogen (secondary N) is 1. The number of fused-ring (bicyclic) bond motifs is 1. The summed E-state index contributed by atoms with van der Waals surface area (Å²) in [6.45, 7) is 7.78. The van der Waals surface area contributed by atoms with E-state index in [0.29, 0.717) is 26.2 Å². The van der Waals surface area contributed by atoms with Gasteiger partial charge in [0, 0.05) is 80.7 Å². The number of carbonyl (C=O) groups excluding carboxylic acids is 2. The summed E-state index contributed by atoms with van der Waals surface area (Å²) < 4.78 is 5.27. The van der Waals surface area contributed by atoms with E-state index in [0.717, 1.165) is 80.6 Å². The zero-order valence-corrected chi connectivity index (χ0v) is 21.7. The molecule has 0 bridgehead atoms. The van der Waals surface area contributed by atoms with Crippen LogP contribution in [0.3, 0.4) is 0 Å². The van der Waals surface area contributed by atoms with Crippen molar-refractivity contribution in [2.24, 2.45) is 0 Å². The van der Waals surface area contributed by atoms with Crippen molar-refractivity contribution in [1.82, 2.24) is 19.7 Å². The first-order valence-corrected chi connectivity index (χ1v) is 13.3. The minimum Gasteiger partial charge on any atom is -0.497 e. The van der Waals surface area contributed by atoms with Gasteiger partial charge in [0.1, 0.15) is 5.75 Å². The second kappa shape index (κ2) is 11.7. The van der Waals surface area contributed by atoms with Crippen LogP contribution < -0.4 is 9.64 Å². The molecule has 2 aliphatic heterocycles. The summed E-state index contributed by atoms with van der Waals surface area (Å²) in [6, 6.07) is 14.3. The van der Waals surface area contributed by atoms with Gasteiger partial charge in [0.2, 0.25) is 6.41 Å². The van der Waals surface area contributed by atoms with Crippen molar-refractivity contribution in [3.05, 3.63) is 59.8 Å². The highest BCUT2D eigenvalue weighted by atomic mass is 16.5. The predicted octanol–water partition coefficient (Wildman–Crippen LogP) is 3.24. The van der Waals surface area contributed by atoms with Crippen LogP contribution in [0.15, 0.2) is 48.7 Å². The molecular formula is C29H37N5O3. The molecular weight excluding hydrogens is 466 g/mol. The van der Waals surface area contributed by atoms with Crippen LogP contribution in [0.5, 0.6) is 5.75 Å². The monoisotopic (exact) mass is 503 g/mol. The fraction of sp³-hybridized carbons (Fsp3) is 0.448. The normalized spacial score (nSPS) is 16.8. The molecule has 3 heterocycles. The summed E-state index contributed by atoms with van der Waals surface area (Å²) in [5, 5.41) is 1.14. The third kappa shape index (κ3) is 5.91. The van der Waals surface area contributed by atoms with Gasteiger partial charge in [-0.1, -0.05) is 0 Å². The van der Waals surface area contributed by atoms with E-state index in [1.807, 2.05) is 35.2 Å². The van der Waals surface area contributed by atoms with Gasteiger partial charge in [-0.2, -0.15) is 0 Å². The Balaban J connectivity index is 1.09. The van der Waals surface area contributed by atoms with Crippen molar-refractivity contribution in [3.63, 3.8) is 0 Å². The van der Waals surface area contributed by atoms with E-state index >= 15 is 0 Å². The number of hydrogen-bond acceptors (Lipinski definition) is 5. The van der Waals surface area contributed by atoms with Gasteiger partial charge in [0.15, 0.2) is 0 Å². The topological polar surface area (TPSA) is 72.1 Å². The molecule has 5 rings (SSSR count). The maximum absolute atomic E-state index is 13.0. The number of methoxy groups -OCH3 is 1. The molecule has 2 aliphatic rings. The van der Waals surface area contributed by atoms with Crippen LogP contribution in [-0.4, -0.2) is 98.0 Å². The lowest BCUT2D eigenvalue weighted by Gasteiger charge is -2.36. The highest BCUT2D eigenvalue weighted by molar-refractivity contribution is 5.99. The first-order chi connectivity index (χ1) is 18.1. The fourth-order valence-electron chi connectivity index (χ4n) is 5.40. The molecule has 3 aromatic rings. The molecule has 2 aromatic carbocycles. The minimum absolute atomic E-state index is 0.0494. The number of rotatable bonds is 9. The largest absolute Gasteiger partial charge is 0.497 e. The third-order valence-electron chi connectivity index (χ3n) is 7.75. The van der Waals surface area contributed by atoms with Crippen molar-refractivity contribution in [3.8, 4) is 5.75 Å². The minimum atomic E-state index is 0.0494. The smallest absolute Gasteiger partial charge is 0.253 e. The number of amides is 2. The molecule has 1 N–H and O–H groups in total. The number of ether oxygens (including phenoxy) is 1. The Labute approximate surface area is 218 Å². The maximum atomic E-state index is 13.0. The van der Waals surface area contributed by atoms with Gasteiger partial charge in [-0.15, -0.1) is 0 Å². The van der Waals surface area contributed by atoms with Gasteiger partial charge in [-0.05, 0) is 73.8 Å². The Bertz CT molecular complexity index is 1190. The average Bonchev–Trinajstić information content (AvgIpc) is 3.37. The second-order valence-corrected chi connectivity index (χ2v) is 9.99. The highest BCUT2D eigenvalue weighted by Gasteiger charge is 2.22. The predicted molar refractivity (Wildman–Crippen MR) is 146 cm³/mol. The molecule has 2 amide bonds. The molecule has 2 saturated heterocycles. The molecule has 0 unspecified atom stereocenters. The molecule has 196 valence electrons. The number of piperazine rings is 2. The number of nitrogens with zero attached hydrogens (tertiary/aromatic N) is 4. The number of aromatic nitrogens is 1. The number of unbranched alkanes of at least 4 members (excludes halogenated alkanes) is 1. The van der Waals surface area contributed by atoms with Gasteiger partial charge in [-0.25, -0.2) is 0 Å². The average molecular weight is 504 g/mol. The van der Waals surface area contributed by atoms with Crippen LogP contribution in [0.1, 0.15) is 28.8 Å². The van der Waals surface area contributed by atoms with Crippen molar-refractivity contribution < 1.29 is 14.3 Å². The molecule has 0 saturated carbocycles. The van der Waals surface area contributed by atoms with E-state index in [9.17, 15) is 9.59 Å². The molecule has 37 heavy (non-hydrogen) atoms. The van der Waals surface area contributed by atoms with Crippen LogP contribution >= 0.6 is 0 Å². The van der Waals surface area contributed by atoms with Crippen LogP contribution in [0, 0.1) is 0 Å². The van der Waals surface area contributed by atoms with E-state index in [4.69, 9.17) is 4.74 Å². The lowest BCUT2D eigenvalue weighted by Crippen LogP contribution is -2.48. The lowest BCUT2D eigenvalue weighted by atomic mass is 10.0. The Morgan fingerprint density at radius 3 is 2.41 bits per heavy atom. The van der Waals surface area contributed by atoms with Crippen LogP contribution in [0.4, 0.5) is 5.69 Å². The first kappa shape index (κ1) is 25.1. The van der Waals surface area contributed by atoms with Crippen molar-refractivity contribution >= 4 is 28.9 Å². The van der Waals surface area contributed by atoms with Crippen molar-refractivity contribution in [2.45, 2.75) is 19.3 Å². The van der Waals surface area contributed by atoms with Crippen molar-refractivity contribution in [1.29, 1.82) is 0 Å². The summed E-state index contributed by atoms with van der Waals surface area (Å²) in [7, 11) is 1.70. The van der Waals surface area contributed by atoms with E-state index in [1.165, 1.54) is 11.3 Å². The first-order valence-electron chi connectivity index (χ1n) is 13.3. The van der Waals surface area contributed by atoms with Gasteiger partial charge < -0.3 is 24.4 Å². The summed E-state index contributed by atoms with van der Waals surface area (Å²) in [5.74, 6) is 0.947. The quantitative estimate of drug-likeness (QED) is 0.359. The lowest BCUT2D eigenvalue weighted by molar-refractivity contribution is -0.119. The zero-order valence-electron chi connectivity index (χ0n) is 21.7. The molecule has 8 nitrogen and oxygen atoms in total. The molecule has 2 fully saturated rings. The van der Waals surface area contributed by atoms with Crippen LogP contribution in [-0.2, 0) is 11.2 Å². The highest BCUT2D eigenvalue weighted by Crippen LogP contribution is 2.24. The summed E-state index contributed by atoms with van der Waals surface area (Å²) in [5.41, 5.74) is 4.34. The van der Waals surface area contributed by atoms with Crippen molar-refractivity contribution in [2.75, 3.05) is 70.9 Å². The second-order valence-electron chi connectivity index (χ2n) is 9.99. The number of anilines is 1. The third-order valence-corrected chi connectivity index (χ3v) is 7.75.